The molecule has 0 aromatic heterocycles. The van der Waals surface area contributed by atoms with Gasteiger partial charge >= 0.3 is 0 Å². The number of ether oxygens (including phenoxy) is 3. The zero-order chi connectivity index (χ0) is 19.5. The van der Waals surface area contributed by atoms with Gasteiger partial charge in [-0.3, -0.25) is 9.59 Å². The highest BCUT2D eigenvalue weighted by molar-refractivity contribution is 5.96. The van der Waals surface area contributed by atoms with Gasteiger partial charge in [-0.2, -0.15) is 0 Å². The summed E-state index contributed by atoms with van der Waals surface area (Å²) >= 11 is 0. The predicted molar refractivity (Wildman–Crippen MR) is 97.9 cm³/mol. The summed E-state index contributed by atoms with van der Waals surface area (Å²) in [6.07, 6.45) is 0.336. The normalized spacial score (nSPS) is 17.7. The van der Waals surface area contributed by atoms with Crippen LogP contribution in [0.4, 0.5) is 10.1 Å². The van der Waals surface area contributed by atoms with E-state index in [4.69, 9.17) is 14.2 Å². The van der Waals surface area contributed by atoms with Gasteiger partial charge in [-0.05, 0) is 24.3 Å². The second kappa shape index (κ2) is 7.75. The maximum Gasteiger partial charge on any atom is 0.257 e. The standard InChI is InChI=1S/C20H19FN2O5/c21-15-3-1-2-4-16(15)26-11-19(24)22-9-13-7-20(25)23(10-13)14-5-6-17-18(8-14)28-12-27-17/h1-6,8,13H,7,9-12H2,(H,22,24)/t13-/m0/s1. The van der Waals surface area contributed by atoms with Crippen molar-refractivity contribution in [3.05, 3.63) is 48.3 Å². The van der Waals surface area contributed by atoms with Crippen molar-refractivity contribution in [2.75, 3.05) is 31.4 Å². The smallest absolute Gasteiger partial charge is 0.257 e. The van der Waals surface area contributed by atoms with Crippen molar-refractivity contribution in [2.45, 2.75) is 6.42 Å². The minimum Gasteiger partial charge on any atom is -0.481 e. The molecule has 1 fully saturated rings. The Balaban J connectivity index is 1.27. The zero-order valence-corrected chi connectivity index (χ0v) is 15.0. The maximum absolute atomic E-state index is 13.5. The van der Waals surface area contributed by atoms with Crippen LogP contribution >= 0.6 is 0 Å². The number of hydrogen-bond acceptors (Lipinski definition) is 5. The fourth-order valence-electron chi connectivity index (χ4n) is 3.24. The molecule has 0 spiro atoms. The van der Waals surface area contributed by atoms with Gasteiger partial charge in [0.05, 0.1) is 0 Å². The van der Waals surface area contributed by atoms with Gasteiger partial charge in [0.2, 0.25) is 12.7 Å². The molecule has 2 amide bonds. The Morgan fingerprint density at radius 1 is 1.21 bits per heavy atom. The van der Waals surface area contributed by atoms with E-state index in [2.05, 4.69) is 5.32 Å². The lowest BCUT2D eigenvalue weighted by molar-refractivity contribution is -0.123. The van der Waals surface area contributed by atoms with E-state index in [1.165, 1.54) is 12.1 Å². The second-order valence-electron chi connectivity index (χ2n) is 6.64. The average molecular weight is 386 g/mol. The summed E-state index contributed by atoms with van der Waals surface area (Å²) in [7, 11) is 0. The quantitative estimate of drug-likeness (QED) is 0.823. The van der Waals surface area contributed by atoms with Crippen LogP contribution in [0.25, 0.3) is 0 Å². The number of amides is 2. The summed E-state index contributed by atoms with van der Waals surface area (Å²) in [6.45, 7) is 0.725. The Bertz CT molecular complexity index is 904. The molecule has 2 aliphatic heterocycles. The Kier molecular flexibility index (Phi) is 5.01. The number of benzene rings is 2. The molecule has 2 aromatic carbocycles. The van der Waals surface area contributed by atoms with Gasteiger partial charge in [-0.15, -0.1) is 0 Å². The highest BCUT2D eigenvalue weighted by atomic mass is 19.1. The van der Waals surface area contributed by atoms with Gasteiger partial charge in [0.25, 0.3) is 5.91 Å². The van der Waals surface area contributed by atoms with Crippen LogP contribution in [0.3, 0.4) is 0 Å². The third-order valence-electron chi connectivity index (χ3n) is 4.66. The van der Waals surface area contributed by atoms with Crippen molar-refractivity contribution in [2.24, 2.45) is 5.92 Å². The molecule has 0 unspecified atom stereocenters. The Morgan fingerprint density at radius 3 is 2.89 bits per heavy atom. The topological polar surface area (TPSA) is 77.1 Å². The van der Waals surface area contributed by atoms with Crippen LogP contribution in [0.2, 0.25) is 0 Å². The maximum atomic E-state index is 13.5. The molecular formula is C20H19FN2O5. The van der Waals surface area contributed by atoms with E-state index >= 15 is 0 Å². The molecule has 1 N–H and O–H groups in total. The summed E-state index contributed by atoms with van der Waals surface area (Å²) in [5.74, 6) is 0.397. The van der Waals surface area contributed by atoms with E-state index in [0.717, 1.165) is 5.69 Å². The summed E-state index contributed by atoms with van der Waals surface area (Å²) < 4.78 is 29.3. The van der Waals surface area contributed by atoms with Crippen LogP contribution < -0.4 is 24.4 Å². The number of anilines is 1. The van der Waals surface area contributed by atoms with Crippen LogP contribution in [0.15, 0.2) is 42.5 Å². The summed E-state index contributed by atoms with van der Waals surface area (Å²) in [5, 5.41) is 2.74. The van der Waals surface area contributed by atoms with Crippen molar-refractivity contribution < 1.29 is 28.2 Å². The molecule has 0 bridgehead atoms. The molecule has 1 saturated heterocycles. The number of nitrogens with zero attached hydrogens (tertiary/aromatic N) is 1. The Morgan fingerprint density at radius 2 is 2.04 bits per heavy atom. The minimum atomic E-state index is -0.518. The molecule has 1 atom stereocenters. The zero-order valence-electron chi connectivity index (χ0n) is 15.0. The molecule has 4 rings (SSSR count). The van der Waals surface area contributed by atoms with E-state index in [9.17, 15) is 14.0 Å². The molecular weight excluding hydrogens is 367 g/mol. The summed E-state index contributed by atoms with van der Waals surface area (Å²) in [4.78, 5) is 26.0. The third kappa shape index (κ3) is 3.85. The SMILES string of the molecule is O=C(COc1ccccc1F)NC[C@@H]1CC(=O)N(c2ccc3c(c2)OCO3)C1. The molecule has 8 heteroatoms. The molecule has 7 nitrogen and oxygen atoms in total. The predicted octanol–water partition coefficient (Wildman–Crippen LogP) is 2.10. The number of para-hydroxylation sites is 1. The van der Waals surface area contributed by atoms with Crippen LogP contribution in [0.1, 0.15) is 6.42 Å². The van der Waals surface area contributed by atoms with Crippen molar-refractivity contribution in [3.63, 3.8) is 0 Å². The van der Waals surface area contributed by atoms with Crippen LogP contribution in [0.5, 0.6) is 17.2 Å². The highest BCUT2D eigenvalue weighted by Gasteiger charge is 2.31. The molecule has 28 heavy (non-hydrogen) atoms. The first-order chi connectivity index (χ1) is 13.6. The lowest BCUT2D eigenvalue weighted by Crippen LogP contribution is -2.34. The van der Waals surface area contributed by atoms with Crippen molar-refractivity contribution in [1.82, 2.24) is 5.32 Å². The largest absolute Gasteiger partial charge is 0.481 e. The first-order valence-corrected chi connectivity index (χ1v) is 8.94. The van der Waals surface area contributed by atoms with Crippen molar-refractivity contribution in [3.8, 4) is 17.2 Å². The fraction of sp³-hybridized carbons (Fsp3) is 0.300. The van der Waals surface area contributed by atoms with Gasteiger partial charge in [-0.1, -0.05) is 12.1 Å². The van der Waals surface area contributed by atoms with Crippen LogP contribution in [-0.4, -0.2) is 38.3 Å². The van der Waals surface area contributed by atoms with Gasteiger partial charge in [0.15, 0.2) is 29.7 Å². The van der Waals surface area contributed by atoms with E-state index in [0.29, 0.717) is 31.0 Å². The van der Waals surface area contributed by atoms with Gasteiger partial charge < -0.3 is 24.4 Å². The van der Waals surface area contributed by atoms with E-state index in [1.54, 1.807) is 29.2 Å². The number of carbonyl (C=O) groups excluding carboxylic acids is 2. The number of carbonyl (C=O) groups is 2. The lowest BCUT2D eigenvalue weighted by Gasteiger charge is -2.17. The monoisotopic (exact) mass is 386 g/mol. The fourth-order valence-corrected chi connectivity index (χ4v) is 3.24. The summed E-state index contributed by atoms with van der Waals surface area (Å²) in [6, 6.07) is 11.3. The number of halogens is 1. The van der Waals surface area contributed by atoms with E-state index in [-0.39, 0.29) is 36.9 Å². The van der Waals surface area contributed by atoms with Gasteiger partial charge in [0, 0.05) is 37.2 Å². The van der Waals surface area contributed by atoms with Crippen molar-refractivity contribution >= 4 is 17.5 Å². The molecule has 0 radical (unpaired) electrons. The first-order valence-electron chi connectivity index (χ1n) is 8.94. The third-order valence-corrected chi connectivity index (χ3v) is 4.66. The Labute approximate surface area is 161 Å². The number of fused-ring (bicyclic) bond motifs is 1. The number of nitrogens with one attached hydrogen (secondary N) is 1. The lowest BCUT2D eigenvalue weighted by atomic mass is 10.1. The highest BCUT2D eigenvalue weighted by Crippen LogP contribution is 2.37. The van der Waals surface area contributed by atoms with E-state index in [1.807, 2.05) is 6.07 Å². The molecule has 2 heterocycles. The second-order valence-corrected chi connectivity index (χ2v) is 6.64. The summed E-state index contributed by atoms with van der Waals surface area (Å²) in [5.41, 5.74) is 0.742. The first kappa shape index (κ1) is 18.1. The van der Waals surface area contributed by atoms with Gasteiger partial charge in [0.1, 0.15) is 0 Å². The van der Waals surface area contributed by atoms with Crippen LogP contribution in [-0.2, 0) is 9.59 Å². The van der Waals surface area contributed by atoms with E-state index < -0.39 is 5.82 Å². The molecule has 2 aromatic rings. The molecule has 0 aliphatic carbocycles. The van der Waals surface area contributed by atoms with Gasteiger partial charge in [-0.25, -0.2) is 4.39 Å². The number of rotatable bonds is 6. The van der Waals surface area contributed by atoms with Crippen LogP contribution in [0, 0.1) is 11.7 Å². The molecule has 2 aliphatic rings. The molecule has 0 saturated carbocycles. The van der Waals surface area contributed by atoms with Crippen molar-refractivity contribution in [1.29, 1.82) is 0 Å². The average Bonchev–Trinajstić information content (AvgIpc) is 3.31. The minimum absolute atomic E-state index is 0.0132. The molecule has 146 valence electrons. The number of hydrogen-bond donors (Lipinski definition) is 1. The Hall–Kier alpha value is -3.29.